The van der Waals surface area contributed by atoms with E-state index in [9.17, 15) is 9.18 Å². The summed E-state index contributed by atoms with van der Waals surface area (Å²) in [5.41, 5.74) is 2.22. The third-order valence-corrected chi connectivity index (χ3v) is 6.75. The lowest BCUT2D eigenvalue weighted by Gasteiger charge is -2.15. The van der Waals surface area contributed by atoms with Gasteiger partial charge in [0.05, 0.1) is 20.8 Å². The summed E-state index contributed by atoms with van der Waals surface area (Å²) in [6, 6.07) is 17.0. The molecule has 0 spiro atoms. The van der Waals surface area contributed by atoms with Crippen molar-refractivity contribution in [1.29, 1.82) is 0 Å². The second-order valence-corrected chi connectivity index (χ2v) is 9.70. The van der Waals surface area contributed by atoms with Crippen molar-refractivity contribution in [3.05, 3.63) is 91.1 Å². The van der Waals surface area contributed by atoms with E-state index in [0.717, 1.165) is 14.7 Å². The minimum Gasteiger partial charge on any atom is -0.490 e. The number of benzene rings is 3. The van der Waals surface area contributed by atoms with Gasteiger partial charge < -0.3 is 14.8 Å². The Morgan fingerprint density at radius 2 is 1.91 bits per heavy atom. The minimum absolute atomic E-state index is 0.252. The molecule has 3 aromatic rings. The van der Waals surface area contributed by atoms with Gasteiger partial charge in [-0.25, -0.2) is 9.38 Å². The number of carbonyl (C=O) groups excluding carboxylic acids is 1. The van der Waals surface area contributed by atoms with Crippen molar-refractivity contribution in [3.63, 3.8) is 0 Å². The highest BCUT2D eigenvalue weighted by Crippen LogP contribution is 2.37. The van der Waals surface area contributed by atoms with Gasteiger partial charge in [-0.1, -0.05) is 29.8 Å². The fraction of sp³-hybridized carbons (Fsp3) is 0.120. The van der Waals surface area contributed by atoms with Gasteiger partial charge in [-0.15, -0.1) is 0 Å². The first-order valence-electron chi connectivity index (χ1n) is 10.3. The number of hydrogen-bond donors (Lipinski definition) is 1. The first-order valence-corrected chi connectivity index (χ1v) is 12.6. The van der Waals surface area contributed by atoms with Crippen LogP contribution in [0.25, 0.3) is 6.08 Å². The molecule has 34 heavy (non-hydrogen) atoms. The van der Waals surface area contributed by atoms with Crippen LogP contribution in [0.3, 0.4) is 0 Å². The van der Waals surface area contributed by atoms with Gasteiger partial charge in [0, 0.05) is 10.6 Å². The van der Waals surface area contributed by atoms with Gasteiger partial charge in [-0.2, -0.15) is 0 Å². The maximum absolute atomic E-state index is 13.1. The van der Waals surface area contributed by atoms with Crippen molar-refractivity contribution < 1.29 is 18.7 Å². The molecule has 1 saturated heterocycles. The van der Waals surface area contributed by atoms with Crippen LogP contribution in [0.4, 0.5) is 10.1 Å². The number of nitrogens with one attached hydrogen (secondary N) is 1. The smallest absolute Gasteiger partial charge is 0.264 e. The number of amides is 1. The van der Waals surface area contributed by atoms with Crippen LogP contribution in [0, 0.1) is 9.39 Å². The highest BCUT2D eigenvalue weighted by Gasteiger charge is 2.24. The monoisotopic (exact) mass is 608 g/mol. The third kappa shape index (κ3) is 6.11. The molecular weight excluding hydrogens is 590 g/mol. The molecule has 3 aromatic carbocycles. The summed E-state index contributed by atoms with van der Waals surface area (Å²) >= 11 is 9.65. The topological polar surface area (TPSA) is 59.9 Å². The number of carbonyl (C=O) groups is 1. The Kier molecular flexibility index (Phi) is 8.12. The van der Waals surface area contributed by atoms with Gasteiger partial charge >= 0.3 is 0 Å². The number of nitrogens with zero attached hydrogens (tertiary/aromatic N) is 1. The van der Waals surface area contributed by atoms with Gasteiger partial charge in [0.25, 0.3) is 5.91 Å². The van der Waals surface area contributed by atoms with E-state index in [1.54, 1.807) is 18.2 Å². The highest BCUT2D eigenvalue weighted by molar-refractivity contribution is 14.1. The molecule has 1 fully saturated rings. The van der Waals surface area contributed by atoms with E-state index in [0.29, 0.717) is 45.5 Å². The molecule has 4 rings (SSSR count). The number of thioether (sulfide) groups is 1. The molecule has 1 aliphatic rings. The van der Waals surface area contributed by atoms with Crippen molar-refractivity contribution in [2.24, 2.45) is 4.99 Å². The molecule has 1 aliphatic heterocycles. The van der Waals surface area contributed by atoms with Crippen LogP contribution >= 0.6 is 46.0 Å². The lowest BCUT2D eigenvalue weighted by atomic mass is 10.1. The third-order valence-electron chi connectivity index (χ3n) is 4.67. The molecule has 0 bridgehead atoms. The zero-order valence-electron chi connectivity index (χ0n) is 18.0. The largest absolute Gasteiger partial charge is 0.490 e. The van der Waals surface area contributed by atoms with E-state index in [1.807, 2.05) is 43.3 Å². The van der Waals surface area contributed by atoms with E-state index >= 15 is 0 Å². The summed E-state index contributed by atoms with van der Waals surface area (Å²) in [4.78, 5) is 17.3. The van der Waals surface area contributed by atoms with Crippen molar-refractivity contribution in [2.45, 2.75) is 13.5 Å². The molecule has 0 unspecified atom stereocenters. The van der Waals surface area contributed by atoms with E-state index in [2.05, 4.69) is 32.9 Å². The Morgan fingerprint density at radius 1 is 1.15 bits per heavy atom. The molecule has 0 saturated carbocycles. The van der Waals surface area contributed by atoms with E-state index in [4.69, 9.17) is 21.1 Å². The van der Waals surface area contributed by atoms with Crippen LogP contribution in [-0.4, -0.2) is 17.7 Å². The molecule has 9 heteroatoms. The van der Waals surface area contributed by atoms with Crippen LogP contribution in [0.1, 0.15) is 18.1 Å². The molecule has 174 valence electrons. The molecule has 1 N–H and O–H groups in total. The first-order chi connectivity index (χ1) is 16.4. The lowest BCUT2D eigenvalue weighted by molar-refractivity contribution is -0.115. The van der Waals surface area contributed by atoms with Crippen molar-refractivity contribution in [1.82, 2.24) is 5.32 Å². The second kappa shape index (κ2) is 11.2. The number of hydrogen-bond acceptors (Lipinski definition) is 5. The summed E-state index contributed by atoms with van der Waals surface area (Å²) in [5.74, 6) is 0.605. The Balaban J connectivity index is 1.56. The van der Waals surface area contributed by atoms with Gasteiger partial charge in [0.15, 0.2) is 16.7 Å². The molecule has 1 heterocycles. The van der Waals surface area contributed by atoms with Crippen LogP contribution in [0.5, 0.6) is 11.5 Å². The van der Waals surface area contributed by atoms with E-state index in [-0.39, 0.29) is 11.7 Å². The number of halogens is 3. The molecule has 0 atom stereocenters. The van der Waals surface area contributed by atoms with Gasteiger partial charge in [-0.05, 0) is 95.4 Å². The number of ether oxygens (including phenoxy) is 2. The van der Waals surface area contributed by atoms with Gasteiger partial charge in [0.1, 0.15) is 12.4 Å². The molecule has 1 amide bonds. The summed E-state index contributed by atoms with van der Waals surface area (Å²) in [7, 11) is 0. The predicted octanol–water partition coefficient (Wildman–Crippen LogP) is 6.95. The zero-order chi connectivity index (χ0) is 24.1. The Bertz CT molecular complexity index is 1280. The van der Waals surface area contributed by atoms with Crippen molar-refractivity contribution >= 4 is 68.8 Å². The predicted molar refractivity (Wildman–Crippen MR) is 143 cm³/mol. The molecule has 0 aromatic heterocycles. The van der Waals surface area contributed by atoms with Crippen molar-refractivity contribution in [3.8, 4) is 11.5 Å². The number of amidine groups is 1. The van der Waals surface area contributed by atoms with E-state index in [1.165, 1.54) is 23.9 Å². The quantitative estimate of drug-likeness (QED) is 0.233. The Morgan fingerprint density at radius 3 is 2.65 bits per heavy atom. The average Bonchev–Trinajstić information content (AvgIpc) is 3.14. The zero-order valence-corrected chi connectivity index (χ0v) is 21.7. The standard InChI is InChI=1S/C25H19ClFIN2O3S/c1-2-32-21-12-15(11-20(28)23(21)33-14-16-5-3-4-6-19(16)26)13-22-24(31)30-25(34-22)29-18-9-7-17(27)8-10-18/h3-13H,2,14H2,1H3,(H,29,30,31)/b22-13+. The Hall–Kier alpha value is -2.56. The van der Waals surface area contributed by atoms with Crippen molar-refractivity contribution in [2.75, 3.05) is 6.61 Å². The molecule has 5 nitrogen and oxygen atoms in total. The highest BCUT2D eigenvalue weighted by atomic mass is 127. The molecule has 0 radical (unpaired) electrons. The van der Waals surface area contributed by atoms with Crippen LogP contribution in [0.2, 0.25) is 5.02 Å². The Labute approximate surface area is 219 Å². The summed E-state index contributed by atoms with van der Waals surface area (Å²) < 4.78 is 25.8. The molecular formula is C25H19ClFIN2O3S. The van der Waals surface area contributed by atoms with Crippen LogP contribution < -0.4 is 14.8 Å². The van der Waals surface area contributed by atoms with E-state index < -0.39 is 0 Å². The normalized spacial score (nSPS) is 15.6. The first kappa shape index (κ1) is 24.6. The maximum atomic E-state index is 13.1. The second-order valence-electron chi connectivity index (χ2n) is 7.10. The molecule has 0 aliphatic carbocycles. The summed E-state index contributed by atoms with van der Waals surface area (Å²) in [6.07, 6.45) is 1.77. The fourth-order valence-corrected chi connectivity index (χ4v) is 4.92. The minimum atomic E-state index is -0.341. The number of aliphatic imine (C=N–C) groups is 1. The maximum Gasteiger partial charge on any atom is 0.264 e. The summed E-state index contributed by atoms with van der Waals surface area (Å²) in [5, 5.41) is 3.81. The SMILES string of the molecule is CCOc1cc(/C=C2/SC(=Nc3ccc(F)cc3)NC2=O)cc(I)c1OCc1ccccc1Cl. The number of rotatable bonds is 7. The van der Waals surface area contributed by atoms with Gasteiger partial charge in [0.2, 0.25) is 0 Å². The van der Waals surface area contributed by atoms with Gasteiger partial charge in [-0.3, -0.25) is 4.79 Å². The van der Waals surface area contributed by atoms with Crippen LogP contribution in [0.15, 0.2) is 70.6 Å². The van der Waals surface area contributed by atoms with Crippen LogP contribution in [-0.2, 0) is 11.4 Å². The fourth-order valence-electron chi connectivity index (χ4n) is 3.10. The lowest BCUT2D eigenvalue weighted by Crippen LogP contribution is -2.19. The average molecular weight is 609 g/mol. The summed E-state index contributed by atoms with van der Waals surface area (Å²) in [6.45, 7) is 2.66.